The molecule has 0 fully saturated rings. The number of fused-ring (bicyclic) bond motifs is 1. The van der Waals surface area contributed by atoms with Gasteiger partial charge in [0, 0.05) is 19.2 Å². The summed E-state index contributed by atoms with van der Waals surface area (Å²) in [5, 5.41) is 19.8. The van der Waals surface area contributed by atoms with Crippen LogP contribution in [-0.2, 0) is 0 Å². The van der Waals surface area contributed by atoms with E-state index in [4.69, 9.17) is 9.47 Å². The molecule has 2 amide bonds. The molecule has 0 aliphatic carbocycles. The van der Waals surface area contributed by atoms with Crippen molar-refractivity contribution in [3.63, 3.8) is 0 Å². The van der Waals surface area contributed by atoms with Gasteiger partial charge in [0.05, 0.1) is 11.0 Å². The number of benzene rings is 2. The number of ether oxygens (including phenoxy) is 2. The number of amides is 2. The zero-order valence-electron chi connectivity index (χ0n) is 17.0. The van der Waals surface area contributed by atoms with Crippen LogP contribution in [0, 0.1) is 16.0 Å². The first kappa shape index (κ1) is 21.2. The number of nitro groups is 1. The molecule has 0 saturated carbocycles. The second-order valence-corrected chi connectivity index (χ2v) is 7.23. The van der Waals surface area contributed by atoms with Crippen LogP contribution < -0.4 is 25.4 Å². The summed E-state index contributed by atoms with van der Waals surface area (Å²) in [6.07, 6.45) is 0. The maximum Gasteiger partial charge on any atom is 0.315 e. The van der Waals surface area contributed by atoms with E-state index in [0.717, 1.165) is 5.56 Å². The molecule has 9 nitrogen and oxygen atoms in total. The third-order valence-electron chi connectivity index (χ3n) is 4.71. The predicted molar refractivity (Wildman–Crippen MR) is 113 cm³/mol. The van der Waals surface area contributed by atoms with Crippen LogP contribution in [0.1, 0.15) is 25.5 Å². The number of nitrogens with one attached hydrogen (secondary N) is 3. The van der Waals surface area contributed by atoms with Gasteiger partial charge in [-0.05, 0) is 29.7 Å². The van der Waals surface area contributed by atoms with Gasteiger partial charge in [0.15, 0.2) is 11.5 Å². The van der Waals surface area contributed by atoms with Crippen LogP contribution in [0.4, 0.5) is 16.2 Å². The molecule has 1 aliphatic rings. The molecule has 0 aromatic heterocycles. The summed E-state index contributed by atoms with van der Waals surface area (Å²) >= 11 is 0. The Balaban J connectivity index is 1.53. The third-order valence-corrected chi connectivity index (χ3v) is 4.71. The van der Waals surface area contributed by atoms with Crippen molar-refractivity contribution in [2.24, 2.45) is 5.92 Å². The van der Waals surface area contributed by atoms with Gasteiger partial charge < -0.3 is 25.4 Å². The average Bonchev–Trinajstić information content (AvgIpc) is 2.74. The maximum atomic E-state index is 12.4. The van der Waals surface area contributed by atoms with E-state index in [2.05, 4.69) is 16.0 Å². The fraction of sp³-hybridized carbons (Fsp3) is 0.381. The standard InChI is InChI=1S/C21H26N4O5/c1-14(2)20(15-7-8-18-19(13-15)30-12-11-29-18)24-21(26)23-10-9-22-16-5-3-4-6-17(16)25(27)28/h3-8,13-14,20,22H,9-12H2,1-2H3,(H2,23,24,26)/t20-/m1/s1. The van der Waals surface area contributed by atoms with Gasteiger partial charge in [-0.3, -0.25) is 10.1 Å². The molecule has 0 radical (unpaired) electrons. The first-order chi connectivity index (χ1) is 14.5. The van der Waals surface area contributed by atoms with Gasteiger partial charge in [-0.2, -0.15) is 0 Å². The molecule has 3 N–H and O–H groups in total. The van der Waals surface area contributed by atoms with E-state index in [1.165, 1.54) is 6.07 Å². The van der Waals surface area contributed by atoms with E-state index in [-0.39, 0.29) is 23.7 Å². The summed E-state index contributed by atoms with van der Waals surface area (Å²) in [6.45, 7) is 5.75. The van der Waals surface area contributed by atoms with Crippen molar-refractivity contribution in [3.05, 3.63) is 58.1 Å². The third kappa shape index (κ3) is 5.31. The Morgan fingerprint density at radius 1 is 1.10 bits per heavy atom. The van der Waals surface area contributed by atoms with Crippen LogP contribution in [-0.4, -0.2) is 37.3 Å². The summed E-state index contributed by atoms with van der Waals surface area (Å²) in [5.74, 6) is 1.54. The molecule has 2 aromatic carbocycles. The van der Waals surface area contributed by atoms with Crippen molar-refractivity contribution in [1.29, 1.82) is 0 Å². The summed E-state index contributed by atoms with van der Waals surface area (Å²) in [7, 11) is 0. The molecule has 30 heavy (non-hydrogen) atoms. The maximum absolute atomic E-state index is 12.4. The highest BCUT2D eigenvalue weighted by Gasteiger charge is 2.21. The lowest BCUT2D eigenvalue weighted by Crippen LogP contribution is -2.41. The fourth-order valence-corrected chi connectivity index (χ4v) is 3.24. The van der Waals surface area contributed by atoms with E-state index in [9.17, 15) is 14.9 Å². The van der Waals surface area contributed by atoms with Gasteiger partial charge in [0.1, 0.15) is 18.9 Å². The van der Waals surface area contributed by atoms with Crippen LogP contribution in [0.5, 0.6) is 11.5 Å². The molecule has 160 valence electrons. The lowest BCUT2D eigenvalue weighted by Gasteiger charge is -2.25. The molecule has 0 saturated heterocycles. The Labute approximate surface area is 174 Å². The normalized spacial score (nSPS) is 13.4. The van der Waals surface area contributed by atoms with E-state index < -0.39 is 4.92 Å². The lowest BCUT2D eigenvalue weighted by molar-refractivity contribution is -0.384. The van der Waals surface area contributed by atoms with Crippen molar-refractivity contribution in [3.8, 4) is 11.5 Å². The molecule has 1 aliphatic heterocycles. The van der Waals surface area contributed by atoms with Crippen molar-refractivity contribution < 1.29 is 19.2 Å². The number of anilines is 1. The SMILES string of the molecule is CC(C)[C@@H](NC(=O)NCCNc1ccccc1[N+](=O)[O-])c1ccc2c(c1)OCCO2. The molecular weight excluding hydrogens is 388 g/mol. The second-order valence-electron chi connectivity index (χ2n) is 7.23. The van der Waals surface area contributed by atoms with Crippen molar-refractivity contribution in [2.45, 2.75) is 19.9 Å². The molecule has 9 heteroatoms. The van der Waals surface area contributed by atoms with E-state index >= 15 is 0 Å². The van der Waals surface area contributed by atoms with Crippen LogP contribution in [0.3, 0.4) is 0 Å². The largest absolute Gasteiger partial charge is 0.486 e. The Bertz CT molecular complexity index is 903. The number of hydrogen-bond acceptors (Lipinski definition) is 6. The van der Waals surface area contributed by atoms with Crippen molar-refractivity contribution >= 4 is 17.4 Å². The second kappa shape index (κ2) is 9.82. The number of nitro benzene ring substituents is 1. The molecule has 0 bridgehead atoms. The van der Waals surface area contributed by atoms with Crippen LogP contribution in [0.25, 0.3) is 0 Å². The number of carbonyl (C=O) groups excluding carboxylic acids is 1. The van der Waals surface area contributed by atoms with Gasteiger partial charge >= 0.3 is 6.03 Å². The highest BCUT2D eigenvalue weighted by atomic mass is 16.6. The predicted octanol–water partition coefficient (Wildman–Crippen LogP) is 3.47. The van der Waals surface area contributed by atoms with E-state index in [1.807, 2.05) is 32.0 Å². The van der Waals surface area contributed by atoms with Gasteiger partial charge in [-0.1, -0.05) is 32.0 Å². The smallest absolute Gasteiger partial charge is 0.315 e. The molecule has 0 unspecified atom stereocenters. The van der Waals surface area contributed by atoms with Crippen LogP contribution >= 0.6 is 0 Å². The van der Waals surface area contributed by atoms with Gasteiger partial charge in [0.25, 0.3) is 5.69 Å². The summed E-state index contributed by atoms with van der Waals surface area (Å²) < 4.78 is 11.2. The highest BCUT2D eigenvalue weighted by Crippen LogP contribution is 2.34. The number of hydrogen-bond donors (Lipinski definition) is 3. The zero-order valence-corrected chi connectivity index (χ0v) is 17.0. The van der Waals surface area contributed by atoms with Crippen LogP contribution in [0.2, 0.25) is 0 Å². The number of rotatable bonds is 8. The first-order valence-corrected chi connectivity index (χ1v) is 9.87. The van der Waals surface area contributed by atoms with Crippen LogP contribution in [0.15, 0.2) is 42.5 Å². The Hall–Kier alpha value is -3.49. The fourth-order valence-electron chi connectivity index (χ4n) is 3.24. The Morgan fingerprint density at radius 3 is 2.57 bits per heavy atom. The number of urea groups is 1. The molecule has 2 aromatic rings. The molecule has 3 rings (SSSR count). The van der Waals surface area contributed by atoms with E-state index in [1.54, 1.807) is 18.2 Å². The minimum absolute atomic E-state index is 0.000400. The minimum atomic E-state index is -0.441. The molecule has 1 atom stereocenters. The summed E-state index contributed by atoms with van der Waals surface area (Å²) in [6, 6.07) is 11.6. The molecule has 0 spiro atoms. The Kier molecular flexibility index (Phi) is 6.95. The topological polar surface area (TPSA) is 115 Å². The zero-order chi connectivity index (χ0) is 21.5. The highest BCUT2D eigenvalue weighted by molar-refractivity contribution is 5.74. The Morgan fingerprint density at radius 2 is 1.83 bits per heavy atom. The van der Waals surface area contributed by atoms with Gasteiger partial charge in [-0.25, -0.2) is 4.79 Å². The van der Waals surface area contributed by atoms with Crippen molar-refractivity contribution in [2.75, 3.05) is 31.6 Å². The number of carbonyl (C=O) groups is 1. The molecule has 1 heterocycles. The average molecular weight is 414 g/mol. The number of para-hydroxylation sites is 2. The minimum Gasteiger partial charge on any atom is -0.486 e. The molecular formula is C21H26N4O5. The monoisotopic (exact) mass is 414 g/mol. The summed E-state index contributed by atoms with van der Waals surface area (Å²) in [4.78, 5) is 23.0. The van der Waals surface area contributed by atoms with Crippen molar-refractivity contribution in [1.82, 2.24) is 10.6 Å². The number of nitrogens with zero attached hydrogens (tertiary/aromatic N) is 1. The first-order valence-electron chi connectivity index (χ1n) is 9.87. The van der Waals surface area contributed by atoms with Gasteiger partial charge in [-0.15, -0.1) is 0 Å². The summed E-state index contributed by atoms with van der Waals surface area (Å²) in [5.41, 5.74) is 1.35. The quantitative estimate of drug-likeness (QED) is 0.346. The lowest BCUT2D eigenvalue weighted by atomic mass is 9.95. The van der Waals surface area contributed by atoms with Gasteiger partial charge in [0.2, 0.25) is 0 Å². The van der Waals surface area contributed by atoms with E-state index in [0.29, 0.717) is 43.5 Å².